The van der Waals surface area contributed by atoms with Crippen LogP contribution in [-0.4, -0.2) is 41.0 Å². The van der Waals surface area contributed by atoms with Crippen LogP contribution in [0.4, 0.5) is 11.8 Å². The highest BCUT2D eigenvalue weighted by Crippen LogP contribution is 2.26. The summed E-state index contributed by atoms with van der Waals surface area (Å²) in [4.78, 5) is 12.3. The second-order valence-electron chi connectivity index (χ2n) is 5.67. The van der Waals surface area contributed by atoms with E-state index in [0.29, 0.717) is 11.9 Å². The first-order valence-corrected chi connectivity index (χ1v) is 8.32. The van der Waals surface area contributed by atoms with Crippen LogP contribution in [0.15, 0.2) is 11.4 Å². The lowest BCUT2D eigenvalue weighted by Crippen LogP contribution is -2.29. The van der Waals surface area contributed by atoms with E-state index < -0.39 is 0 Å². The van der Waals surface area contributed by atoms with E-state index in [-0.39, 0.29) is 0 Å². The number of hydrogen-bond donors (Lipinski definition) is 3. The van der Waals surface area contributed by atoms with Crippen LogP contribution in [0, 0.1) is 5.92 Å². The molecule has 2 aromatic rings. The normalized spacial score (nSPS) is 17.2. The molecule has 3 heterocycles. The molecule has 1 atom stereocenters. The maximum absolute atomic E-state index is 5.44. The van der Waals surface area contributed by atoms with Crippen molar-refractivity contribution in [3.63, 3.8) is 0 Å². The van der Waals surface area contributed by atoms with Crippen LogP contribution in [0.25, 0.3) is 10.2 Å². The van der Waals surface area contributed by atoms with Crippen molar-refractivity contribution in [1.29, 1.82) is 0 Å². The fraction of sp³-hybridized carbons (Fsp3) is 0.571. The predicted molar refractivity (Wildman–Crippen MR) is 88.6 cm³/mol. The van der Waals surface area contributed by atoms with Gasteiger partial charge < -0.3 is 10.2 Å². The number of nitrogens with zero attached hydrogens (tertiary/aromatic N) is 3. The minimum absolute atomic E-state index is 0.458. The Balaban J connectivity index is 1.65. The standard InChI is InChI=1S/C14H22N6S/c1-10(9-20-5-2-3-6-20)8-16-12-11-4-7-21-13(11)18-14(17-12)19-15/h4,7,10H,2-3,5-6,8-9,15H2,1H3,(H2,16,17,18,19). The number of nitrogens with one attached hydrogen (secondary N) is 2. The molecule has 1 fully saturated rings. The van der Waals surface area contributed by atoms with E-state index in [1.54, 1.807) is 11.3 Å². The van der Waals surface area contributed by atoms with E-state index in [9.17, 15) is 0 Å². The van der Waals surface area contributed by atoms with Crippen molar-refractivity contribution in [1.82, 2.24) is 14.9 Å². The third kappa shape index (κ3) is 3.42. The fourth-order valence-electron chi connectivity index (χ4n) is 2.80. The average molecular weight is 306 g/mol. The third-order valence-electron chi connectivity index (χ3n) is 3.84. The predicted octanol–water partition coefficient (Wildman–Crippen LogP) is 2.12. The molecule has 1 aliphatic heterocycles. The Morgan fingerprint density at radius 3 is 2.95 bits per heavy atom. The van der Waals surface area contributed by atoms with Gasteiger partial charge in [0.1, 0.15) is 10.6 Å². The first kappa shape index (κ1) is 14.5. The van der Waals surface area contributed by atoms with E-state index in [0.717, 1.165) is 29.1 Å². The van der Waals surface area contributed by atoms with Gasteiger partial charge in [0.25, 0.3) is 0 Å². The minimum Gasteiger partial charge on any atom is -0.369 e. The zero-order valence-corrected chi connectivity index (χ0v) is 13.1. The Morgan fingerprint density at radius 1 is 1.38 bits per heavy atom. The van der Waals surface area contributed by atoms with Crippen LogP contribution in [0.3, 0.4) is 0 Å². The highest BCUT2D eigenvalue weighted by molar-refractivity contribution is 7.16. The molecule has 0 aliphatic carbocycles. The zero-order valence-electron chi connectivity index (χ0n) is 12.3. The van der Waals surface area contributed by atoms with Crippen molar-refractivity contribution in [3.05, 3.63) is 11.4 Å². The number of nitrogen functional groups attached to an aromatic ring is 1. The van der Waals surface area contributed by atoms with Crippen molar-refractivity contribution in [2.45, 2.75) is 19.8 Å². The number of rotatable bonds is 6. The second kappa shape index (κ2) is 6.55. The van der Waals surface area contributed by atoms with Crippen LogP contribution in [-0.2, 0) is 0 Å². The molecular weight excluding hydrogens is 284 g/mol. The fourth-order valence-corrected chi connectivity index (χ4v) is 3.56. The molecule has 6 nitrogen and oxygen atoms in total. The van der Waals surface area contributed by atoms with Crippen LogP contribution in [0.2, 0.25) is 0 Å². The summed E-state index contributed by atoms with van der Waals surface area (Å²) in [6.07, 6.45) is 2.68. The van der Waals surface area contributed by atoms with Gasteiger partial charge >= 0.3 is 0 Å². The molecule has 0 spiro atoms. The van der Waals surface area contributed by atoms with Gasteiger partial charge in [0.15, 0.2) is 0 Å². The quantitative estimate of drug-likeness (QED) is 0.560. The Kier molecular flexibility index (Phi) is 4.52. The molecule has 114 valence electrons. The molecule has 0 aromatic carbocycles. The SMILES string of the molecule is CC(CNc1nc(NN)nc2sccc12)CN1CCCC1. The lowest BCUT2D eigenvalue weighted by molar-refractivity contribution is 0.294. The van der Waals surface area contributed by atoms with Crippen molar-refractivity contribution < 1.29 is 0 Å². The second-order valence-corrected chi connectivity index (χ2v) is 6.57. The summed E-state index contributed by atoms with van der Waals surface area (Å²) in [7, 11) is 0. The van der Waals surface area contributed by atoms with Gasteiger partial charge in [-0.3, -0.25) is 5.43 Å². The van der Waals surface area contributed by atoms with Crippen molar-refractivity contribution >= 4 is 33.3 Å². The number of thiophene rings is 1. The first-order chi connectivity index (χ1) is 10.3. The molecule has 21 heavy (non-hydrogen) atoms. The van der Waals surface area contributed by atoms with Crippen LogP contribution in [0.5, 0.6) is 0 Å². The lowest BCUT2D eigenvalue weighted by atomic mass is 10.1. The largest absolute Gasteiger partial charge is 0.369 e. The number of nitrogens with two attached hydrogens (primary N) is 1. The molecule has 4 N–H and O–H groups in total. The van der Waals surface area contributed by atoms with Gasteiger partial charge in [-0.05, 0) is 43.3 Å². The molecule has 1 saturated heterocycles. The van der Waals surface area contributed by atoms with E-state index >= 15 is 0 Å². The molecule has 3 rings (SSSR count). The minimum atomic E-state index is 0.458. The summed E-state index contributed by atoms with van der Waals surface area (Å²) < 4.78 is 0. The number of likely N-dealkylation sites (tertiary alicyclic amines) is 1. The molecule has 7 heteroatoms. The van der Waals surface area contributed by atoms with Crippen LogP contribution < -0.4 is 16.6 Å². The summed E-state index contributed by atoms with van der Waals surface area (Å²) in [5.74, 6) is 7.34. The topological polar surface area (TPSA) is 79.1 Å². The molecule has 1 aliphatic rings. The Morgan fingerprint density at radius 2 is 2.19 bits per heavy atom. The summed E-state index contributed by atoms with van der Waals surface area (Å²) >= 11 is 1.60. The van der Waals surface area contributed by atoms with Gasteiger partial charge in [-0.15, -0.1) is 11.3 Å². The van der Waals surface area contributed by atoms with Crippen LogP contribution >= 0.6 is 11.3 Å². The summed E-state index contributed by atoms with van der Waals surface area (Å²) in [6, 6.07) is 2.05. The maximum atomic E-state index is 5.44. The number of hydrogen-bond acceptors (Lipinski definition) is 7. The van der Waals surface area contributed by atoms with Gasteiger partial charge in [-0.25, -0.2) is 10.8 Å². The number of anilines is 2. The van der Waals surface area contributed by atoms with Gasteiger partial charge in [0.05, 0.1) is 5.39 Å². The van der Waals surface area contributed by atoms with Gasteiger partial charge in [-0.1, -0.05) is 6.92 Å². The number of hydrazine groups is 1. The van der Waals surface area contributed by atoms with E-state index in [4.69, 9.17) is 5.84 Å². The third-order valence-corrected chi connectivity index (χ3v) is 4.65. The maximum Gasteiger partial charge on any atom is 0.240 e. The van der Waals surface area contributed by atoms with Crippen molar-refractivity contribution in [3.8, 4) is 0 Å². The smallest absolute Gasteiger partial charge is 0.240 e. The van der Waals surface area contributed by atoms with E-state index in [1.807, 2.05) is 11.4 Å². The number of fused-ring (bicyclic) bond motifs is 1. The highest BCUT2D eigenvalue weighted by atomic mass is 32.1. The molecular formula is C14H22N6S. The van der Waals surface area contributed by atoms with E-state index in [1.165, 1.54) is 25.9 Å². The molecule has 0 saturated carbocycles. The number of aromatic nitrogens is 2. The Hall–Kier alpha value is -1.44. The zero-order chi connectivity index (χ0) is 14.7. The summed E-state index contributed by atoms with van der Waals surface area (Å²) in [5, 5.41) is 6.54. The molecule has 0 amide bonds. The van der Waals surface area contributed by atoms with Gasteiger partial charge in [-0.2, -0.15) is 4.98 Å². The van der Waals surface area contributed by atoms with Crippen LogP contribution in [0.1, 0.15) is 19.8 Å². The van der Waals surface area contributed by atoms with Crippen molar-refractivity contribution in [2.75, 3.05) is 36.9 Å². The Bertz CT molecular complexity index is 592. The highest BCUT2D eigenvalue weighted by Gasteiger charge is 2.15. The summed E-state index contributed by atoms with van der Waals surface area (Å²) in [5.41, 5.74) is 2.53. The molecule has 0 radical (unpaired) electrons. The van der Waals surface area contributed by atoms with Gasteiger partial charge in [0, 0.05) is 13.1 Å². The summed E-state index contributed by atoms with van der Waals surface area (Å²) in [6.45, 7) is 6.82. The average Bonchev–Trinajstić information content (AvgIpc) is 3.15. The first-order valence-electron chi connectivity index (χ1n) is 7.44. The monoisotopic (exact) mass is 306 g/mol. The molecule has 1 unspecified atom stereocenters. The Labute approximate surface area is 128 Å². The molecule has 2 aromatic heterocycles. The van der Waals surface area contributed by atoms with Crippen molar-refractivity contribution in [2.24, 2.45) is 11.8 Å². The lowest BCUT2D eigenvalue weighted by Gasteiger charge is -2.20. The van der Waals surface area contributed by atoms with E-state index in [2.05, 4.69) is 32.5 Å². The van der Waals surface area contributed by atoms with Gasteiger partial charge in [0.2, 0.25) is 5.95 Å². The molecule has 0 bridgehead atoms.